The van der Waals surface area contributed by atoms with Gasteiger partial charge >= 0.3 is 5.97 Å². The molecule has 1 aromatic heterocycles. The van der Waals surface area contributed by atoms with Gasteiger partial charge in [0.15, 0.2) is 6.61 Å². The normalized spacial score (nSPS) is 23.7. The van der Waals surface area contributed by atoms with Crippen LogP contribution in [0.4, 0.5) is 0 Å². The monoisotopic (exact) mass is 362 g/mol. The Bertz CT molecular complexity index is 642. The van der Waals surface area contributed by atoms with Crippen molar-refractivity contribution in [1.29, 1.82) is 0 Å². The van der Waals surface area contributed by atoms with E-state index in [4.69, 9.17) is 9.15 Å². The highest BCUT2D eigenvalue weighted by Crippen LogP contribution is 2.49. The maximum absolute atomic E-state index is 12.0. The van der Waals surface area contributed by atoms with Crippen molar-refractivity contribution in [2.45, 2.75) is 38.6 Å². The SMILES string of the molecule is CN(CC(=O)NCc1ccco1)C(=O)COC(=O)C[C@@H]1C[C@H]2CC[C@@H]1C2. The molecule has 0 aromatic carbocycles. The molecule has 2 aliphatic rings. The molecule has 0 spiro atoms. The number of ether oxygens (including phenoxy) is 1. The molecule has 1 heterocycles. The molecular weight excluding hydrogens is 336 g/mol. The average molecular weight is 362 g/mol. The van der Waals surface area contributed by atoms with E-state index in [2.05, 4.69) is 5.32 Å². The fraction of sp³-hybridized carbons (Fsp3) is 0.632. The van der Waals surface area contributed by atoms with E-state index >= 15 is 0 Å². The first kappa shape index (κ1) is 18.5. The quantitative estimate of drug-likeness (QED) is 0.712. The third kappa shape index (κ3) is 4.86. The van der Waals surface area contributed by atoms with Gasteiger partial charge in [0.1, 0.15) is 5.76 Å². The number of nitrogens with zero attached hydrogens (tertiary/aromatic N) is 1. The summed E-state index contributed by atoms with van der Waals surface area (Å²) >= 11 is 0. The van der Waals surface area contributed by atoms with Crippen molar-refractivity contribution in [2.75, 3.05) is 20.2 Å². The molecule has 1 N–H and O–H groups in total. The summed E-state index contributed by atoms with van der Waals surface area (Å²) in [4.78, 5) is 37.1. The molecule has 7 nitrogen and oxygen atoms in total. The molecule has 0 unspecified atom stereocenters. The first-order chi connectivity index (χ1) is 12.5. The number of nitrogens with one attached hydrogen (secondary N) is 1. The second kappa shape index (κ2) is 8.38. The van der Waals surface area contributed by atoms with Crippen LogP contribution >= 0.6 is 0 Å². The van der Waals surface area contributed by atoms with Gasteiger partial charge in [-0.25, -0.2) is 0 Å². The number of carbonyl (C=O) groups excluding carboxylic acids is 3. The van der Waals surface area contributed by atoms with Crippen molar-refractivity contribution in [1.82, 2.24) is 10.2 Å². The Morgan fingerprint density at radius 1 is 1.31 bits per heavy atom. The predicted molar refractivity (Wildman–Crippen MR) is 92.7 cm³/mol. The van der Waals surface area contributed by atoms with E-state index in [1.165, 1.54) is 37.5 Å². The van der Waals surface area contributed by atoms with Crippen LogP contribution in [-0.2, 0) is 25.7 Å². The molecule has 3 atom stereocenters. The number of hydrogen-bond donors (Lipinski definition) is 1. The smallest absolute Gasteiger partial charge is 0.306 e. The maximum atomic E-state index is 12.0. The second-order valence-corrected chi connectivity index (χ2v) is 7.41. The lowest BCUT2D eigenvalue weighted by Crippen LogP contribution is -2.40. The highest BCUT2D eigenvalue weighted by Gasteiger charge is 2.40. The third-order valence-electron chi connectivity index (χ3n) is 5.52. The minimum atomic E-state index is -0.389. The van der Waals surface area contributed by atoms with E-state index in [0.29, 0.717) is 24.0 Å². The van der Waals surface area contributed by atoms with E-state index < -0.39 is 0 Å². The van der Waals surface area contributed by atoms with Crippen molar-refractivity contribution in [3.8, 4) is 0 Å². The second-order valence-electron chi connectivity index (χ2n) is 7.41. The molecule has 0 radical (unpaired) electrons. The standard InChI is InChI=1S/C19H26N2O5/c1-21(11-17(22)20-10-16-3-2-6-25-16)18(23)12-26-19(24)9-15-8-13-4-5-14(15)7-13/h2-3,6,13-15H,4-5,7-12H2,1H3,(H,20,22)/t13-,14+,15-/m0/s1. The van der Waals surface area contributed by atoms with Crippen LogP contribution < -0.4 is 5.32 Å². The summed E-state index contributed by atoms with van der Waals surface area (Å²) in [5, 5.41) is 2.67. The van der Waals surface area contributed by atoms with Crippen LogP contribution in [0.5, 0.6) is 0 Å². The van der Waals surface area contributed by atoms with Crippen LogP contribution in [0.2, 0.25) is 0 Å². The van der Waals surface area contributed by atoms with Gasteiger partial charge in [-0.05, 0) is 49.1 Å². The van der Waals surface area contributed by atoms with Gasteiger partial charge in [0.05, 0.1) is 19.4 Å². The van der Waals surface area contributed by atoms with Gasteiger partial charge in [0.2, 0.25) is 5.91 Å². The topological polar surface area (TPSA) is 88.8 Å². The molecule has 2 aliphatic carbocycles. The van der Waals surface area contributed by atoms with Gasteiger partial charge in [0, 0.05) is 13.5 Å². The van der Waals surface area contributed by atoms with Gasteiger partial charge in [-0.1, -0.05) is 6.42 Å². The van der Waals surface area contributed by atoms with Crippen molar-refractivity contribution in [3.63, 3.8) is 0 Å². The van der Waals surface area contributed by atoms with Crippen LogP contribution in [0.15, 0.2) is 22.8 Å². The molecule has 7 heteroatoms. The lowest BCUT2D eigenvalue weighted by molar-refractivity contribution is -0.153. The molecule has 26 heavy (non-hydrogen) atoms. The van der Waals surface area contributed by atoms with Crippen molar-refractivity contribution >= 4 is 17.8 Å². The maximum Gasteiger partial charge on any atom is 0.306 e. The van der Waals surface area contributed by atoms with Crippen LogP contribution in [-0.4, -0.2) is 42.9 Å². The number of esters is 1. The Kier molecular flexibility index (Phi) is 5.96. The minimum Gasteiger partial charge on any atom is -0.467 e. The summed E-state index contributed by atoms with van der Waals surface area (Å²) in [5.74, 6) is 1.49. The van der Waals surface area contributed by atoms with E-state index in [0.717, 1.165) is 12.3 Å². The average Bonchev–Trinajstić information content (AvgIpc) is 3.35. The number of furan rings is 1. The largest absolute Gasteiger partial charge is 0.467 e. The van der Waals surface area contributed by atoms with Gasteiger partial charge in [-0.2, -0.15) is 0 Å². The first-order valence-corrected chi connectivity index (χ1v) is 9.20. The molecule has 2 amide bonds. The number of likely N-dealkylation sites (N-methyl/N-ethyl adjacent to an activating group) is 1. The Hall–Kier alpha value is -2.31. The molecule has 2 saturated carbocycles. The van der Waals surface area contributed by atoms with Gasteiger partial charge in [0.25, 0.3) is 5.91 Å². The van der Waals surface area contributed by atoms with Gasteiger partial charge in [-0.3, -0.25) is 14.4 Å². The van der Waals surface area contributed by atoms with E-state index in [1.807, 2.05) is 0 Å². The fourth-order valence-corrected chi connectivity index (χ4v) is 4.11. The Labute approximate surface area is 153 Å². The summed E-state index contributed by atoms with van der Waals surface area (Å²) in [7, 11) is 1.51. The molecule has 2 bridgehead atoms. The zero-order chi connectivity index (χ0) is 18.5. The van der Waals surface area contributed by atoms with E-state index in [1.54, 1.807) is 12.1 Å². The van der Waals surface area contributed by atoms with Crippen LogP contribution in [0.1, 0.15) is 37.9 Å². The Morgan fingerprint density at radius 2 is 2.15 bits per heavy atom. The summed E-state index contributed by atoms with van der Waals surface area (Å²) in [6, 6.07) is 3.49. The minimum absolute atomic E-state index is 0.0938. The zero-order valence-electron chi connectivity index (χ0n) is 15.1. The van der Waals surface area contributed by atoms with Crippen LogP contribution in [0.25, 0.3) is 0 Å². The zero-order valence-corrected chi connectivity index (χ0v) is 15.1. The molecule has 142 valence electrons. The number of fused-ring (bicyclic) bond motifs is 2. The van der Waals surface area contributed by atoms with Crippen LogP contribution in [0, 0.1) is 17.8 Å². The summed E-state index contributed by atoms with van der Waals surface area (Å²) in [5.41, 5.74) is 0. The fourth-order valence-electron chi connectivity index (χ4n) is 4.11. The molecule has 1 aromatic rings. The molecule has 0 aliphatic heterocycles. The first-order valence-electron chi connectivity index (χ1n) is 9.20. The number of rotatable bonds is 8. The van der Waals surface area contributed by atoms with Crippen molar-refractivity contribution in [3.05, 3.63) is 24.2 Å². The van der Waals surface area contributed by atoms with Crippen molar-refractivity contribution in [2.24, 2.45) is 17.8 Å². The van der Waals surface area contributed by atoms with E-state index in [-0.39, 0.29) is 37.5 Å². The number of amides is 2. The summed E-state index contributed by atoms with van der Waals surface area (Å²) < 4.78 is 10.2. The van der Waals surface area contributed by atoms with Crippen molar-refractivity contribution < 1.29 is 23.5 Å². The predicted octanol–water partition coefficient (Wildman–Crippen LogP) is 1.72. The highest BCUT2D eigenvalue weighted by molar-refractivity contribution is 5.86. The highest BCUT2D eigenvalue weighted by atomic mass is 16.5. The van der Waals surface area contributed by atoms with Gasteiger partial charge < -0.3 is 19.4 Å². The molecule has 2 fully saturated rings. The van der Waals surface area contributed by atoms with Crippen LogP contribution in [0.3, 0.4) is 0 Å². The number of carbonyl (C=O) groups is 3. The molecular formula is C19H26N2O5. The Balaban J connectivity index is 1.31. The lowest BCUT2D eigenvalue weighted by Gasteiger charge is -2.21. The Morgan fingerprint density at radius 3 is 2.81 bits per heavy atom. The summed E-state index contributed by atoms with van der Waals surface area (Å²) in [6.45, 7) is -0.141. The number of hydrogen-bond acceptors (Lipinski definition) is 5. The molecule has 3 rings (SSSR count). The summed E-state index contributed by atoms with van der Waals surface area (Å²) in [6.07, 6.45) is 6.80. The lowest BCUT2D eigenvalue weighted by atomic mass is 9.86. The molecule has 0 saturated heterocycles. The van der Waals surface area contributed by atoms with Gasteiger partial charge in [-0.15, -0.1) is 0 Å². The third-order valence-corrected chi connectivity index (χ3v) is 5.52. The van der Waals surface area contributed by atoms with E-state index in [9.17, 15) is 14.4 Å².